The van der Waals surface area contributed by atoms with E-state index in [1.165, 1.54) is 16.7 Å². The van der Waals surface area contributed by atoms with E-state index in [1.54, 1.807) is 0 Å². The van der Waals surface area contributed by atoms with Crippen molar-refractivity contribution in [2.75, 3.05) is 20.1 Å². The van der Waals surface area contributed by atoms with Crippen LogP contribution in [0.25, 0.3) is 0 Å². The summed E-state index contributed by atoms with van der Waals surface area (Å²) in [6.45, 7) is 5.56. The Hall–Kier alpha value is -1.06. The van der Waals surface area contributed by atoms with Crippen LogP contribution >= 0.6 is 12.4 Å². The van der Waals surface area contributed by atoms with Crippen molar-refractivity contribution in [3.05, 3.63) is 34.9 Å². The first-order chi connectivity index (χ1) is 8.63. The predicted molar refractivity (Wildman–Crippen MR) is 80.8 cm³/mol. The summed E-state index contributed by atoms with van der Waals surface area (Å²) in [5, 5.41) is 2.95. The van der Waals surface area contributed by atoms with Crippen LogP contribution in [0.5, 0.6) is 0 Å². The molecule has 0 saturated carbocycles. The summed E-state index contributed by atoms with van der Waals surface area (Å²) >= 11 is 0. The van der Waals surface area contributed by atoms with Crippen molar-refractivity contribution in [3.63, 3.8) is 0 Å². The molecule has 19 heavy (non-hydrogen) atoms. The fraction of sp³-hybridized carbons (Fsp3) is 0.533. The normalized spacial score (nSPS) is 18.3. The van der Waals surface area contributed by atoms with Crippen LogP contribution in [-0.2, 0) is 4.79 Å². The summed E-state index contributed by atoms with van der Waals surface area (Å²) in [4.78, 5) is 14.1. The highest BCUT2D eigenvalue weighted by atomic mass is 35.5. The summed E-state index contributed by atoms with van der Waals surface area (Å²) in [5.41, 5.74) is 3.87. The maximum Gasteiger partial charge on any atom is 0.237 e. The minimum absolute atomic E-state index is 0. The Kier molecular flexibility index (Phi) is 5.83. The second kappa shape index (κ2) is 6.92. The molecule has 4 heteroatoms. The molecule has 1 fully saturated rings. The lowest BCUT2D eigenvalue weighted by molar-refractivity contribution is -0.131. The third-order valence-electron chi connectivity index (χ3n) is 3.69. The first-order valence-electron chi connectivity index (χ1n) is 6.64. The number of nitrogens with zero attached hydrogens (tertiary/aromatic N) is 1. The maximum atomic E-state index is 12.1. The van der Waals surface area contributed by atoms with Gasteiger partial charge in [0.2, 0.25) is 5.91 Å². The van der Waals surface area contributed by atoms with Crippen molar-refractivity contribution >= 4 is 18.3 Å². The number of aryl methyl sites for hydroxylation is 2. The van der Waals surface area contributed by atoms with E-state index >= 15 is 0 Å². The molecule has 0 aliphatic carbocycles. The quantitative estimate of drug-likeness (QED) is 0.924. The van der Waals surface area contributed by atoms with E-state index in [1.807, 2.05) is 11.9 Å². The zero-order valence-electron chi connectivity index (χ0n) is 11.9. The minimum Gasteiger partial charge on any atom is -0.335 e. The number of rotatable bonds is 3. The van der Waals surface area contributed by atoms with Crippen LogP contribution in [-0.4, -0.2) is 30.9 Å². The lowest BCUT2D eigenvalue weighted by Crippen LogP contribution is -2.36. The molecule has 1 aromatic carbocycles. The van der Waals surface area contributed by atoms with E-state index in [0.717, 1.165) is 19.4 Å². The fourth-order valence-corrected chi connectivity index (χ4v) is 2.76. The molecule has 0 aromatic heterocycles. The van der Waals surface area contributed by atoms with E-state index in [2.05, 4.69) is 37.4 Å². The van der Waals surface area contributed by atoms with Gasteiger partial charge in [0, 0.05) is 6.54 Å². The molecular formula is C15H23ClN2O. The Morgan fingerprint density at radius 3 is 2.84 bits per heavy atom. The van der Waals surface area contributed by atoms with E-state index in [0.29, 0.717) is 6.54 Å². The predicted octanol–water partition coefficient (Wildman–Crippen LogP) is 2.61. The Morgan fingerprint density at radius 1 is 1.42 bits per heavy atom. The van der Waals surface area contributed by atoms with Gasteiger partial charge in [-0.05, 0) is 44.9 Å². The van der Waals surface area contributed by atoms with Crippen LogP contribution < -0.4 is 5.32 Å². The van der Waals surface area contributed by atoms with Gasteiger partial charge in [-0.15, -0.1) is 12.4 Å². The molecule has 1 aliphatic rings. The van der Waals surface area contributed by atoms with Crippen molar-refractivity contribution < 1.29 is 4.79 Å². The molecule has 3 nitrogen and oxygen atoms in total. The summed E-state index contributed by atoms with van der Waals surface area (Å²) < 4.78 is 0. The monoisotopic (exact) mass is 282 g/mol. The average Bonchev–Trinajstić information content (AvgIpc) is 2.81. The maximum absolute atomic E-state index is 12.1. The van der Waals surface area contributed by atoms with Crippen LogP contribution in [0.2, 0.25) is 0 Å². The van der Waals surface area contributed by atoms with Crippen molar-refractivity contribution in [3.8, 4) is 0 Å². The molecule has 0 spiro atoms. The number of amides is 1. The SMILES string of the molecule is CNCC(=O)N1CCCC1c1cc(C)ccc1C.Cl. The van der Waals surface area contributed by atoms with Crippen LogP contribution in [0.15, 0.2) is 18.2 Å². The highest BCUT2D eigenvalue weighted by molar-refractivity contribution is 5.85. The highest BCUT2D eigenvalue weighted by Crippen LogP contribution is 2.34. The number of benzene rings is 1. The Balaban J connectivity index is 0.00000180. The minimum atomic E-state index is 0. The molecule has 1 unspecified atom stereocenters. The second-order valence-corrected chi connectivity index (χ2v) is 5.14. The molecular weight excluding hydrogens is 260 g/mol. The molecule has 1 aliphatic heterocycles. The first-order valence-corrected chi connectivity index (χ1v) is 6.64. The van der Waals surface area contributed by atoms with Gasteiger partial charge in [-0.25, -0.2) is 0 Å². The molecule has 106 valence electrons. The summed E-state index contributed by atoms with van der Waals surface area (Å²) in [5.74, 6) is 0.209. The van der Waals surface area contributed by atoms with Gasteiger partial charge in [0.15, 0.2) is 0 Å². The molecule has 0 bridgehead atoms. The number of likely N-dealkylation sites (N-methyl/N-ethyl adjacent to an activating group) is 1. The van der Waals surface area contributed by atoms with Gasteiger partial charge in [0.25, 0.3) is 0 Å². The number of hydrogen-bond acceptors (Lipinski definition) is 2. The molecule has 0 radical (unpaired) electrons. The Bertz CT molecular complexity index is 448. The van der Waals surface area contributed by atoms with Crippen LogP contribution in [0.1, 0.15) is 35.6 Å². The number of carbonyl (C=O) groups is 1. The molecule has 1 saturated heterocycles. The van der Waals surface area contributed by atoms with Gasteiger partial charge in [-0.1, -0.05) is 23.8 Å². The van der Waals surface area contributed by atoms with E-state index in [9.17, 15) is 4.79 Å². The van der Waals surface area contributed by atoms with Crippen LogP contribution in [0.3, 0.4) is 0 Å². The molecule has 1 heterocycles. The van der Waals surface area contributed by atoms with E-state index in [-0.39, 0.29) is 24.4 Å². The van der Waals surface area contributed by atoms with Gasteiger partial charge in [-0.3, -0.25) is 4.79 Å². The fourth-order valence-electron chi connectivity index (χ4n) is 2.76. The number of carbonyl (C=O) groups excluding carboxylic acids is 1. The molecule has 1 amide bonds. The topological polar surface area (TPSA) is 32.3 Å². The smallest absolute Gasteiger partial charge is 0.237 e. The van der Waals surface area contributed by atoms with Gasteiger partial charge < -0.3 is 10.2 Å². The molecule has 2 rings (SSSR count). The lowest BCUT2D eigenvalue weighted by Gasteiger charge is -2.26. The van der Waals surface area contributed by atoms with Gasteiger partial charge in [0.1, 0.15) is 0 Å². The van der Waals surface area contributed by atoms with E-state index in [4.69, 9.17) is 0 Å². The number of halogens is 1. The summed E-state index contributed by atoms with van der Waals surface area (Å²) in [6, 6.07) is 6.79. The van der Waals surface area contributed by atoms with Gasteiger partial charge in [-0.2, -0.15) is 0 Å². The third kappa shape index (κ3) is 3.48. The number of nitrogens with one attached hydrogen (secondary N) is 1. The standard InChI is InChI=1S/C15H22N2O.ClH/c1-11-6-7-12(2)13(9-11)14-5-4-8-17(14)15(18)10-16-3;/h6-7,9,14,16H,4-5,8,10H2,1-3H3;1H. The second-order valence-electron chi connectivity index (χ2n) is 5.14. The summed E-state index contributed by atoms with van der Waals surface area (Å²) in [7, 11) is 1.82. The van der Waals surface area contributed by atoms with Crippen LogP contribution in [0, 0.1) is 13.8 Å². The van der Waals surface area contributed by atoms with Crippen molar-refractivity contribution in [1.29, 1.82) is 0 Å². The number of hydrogen-bond donors (Lipinski definition) is 1. The molecule has 1 atom stereocenters. The van der Waals surface area contributed by atoms with Gasteiger partial charge in [0.05, 0.1) is 12.6 Å². The van der Waals surface area contributed by atoms with E-state index < -0.39 is 0 Å². The van der Waals surface area contributed by atoms with Crippen molar-refractivity contribution in [2.45, 2.75) is 32.7 Å². The lowest BCUT2D eigenvalue weighted by atomic mass is 9.97. The first kappa shape index (κ1) is 16.0. The zero-order valence-corrected chi connectivity index (χ0v) is 12.7. The van der Waals surface area contributed by atoms with Crippen molar-refractivity contribution in [2.24, 2.45) is 0 Å². The summed E-state index contributed by atoms with van der Waals surface area (Å²) in [6.07, 6.45) is 2.19. The zero-order chi connectivity index (χ0) is 13.1. The van der Waals surface area contributed by atoms with Gasteiger partial charge >= 0.3 is 0 Å². The Morgan fingerprint density at radius 2 is 2.16 bits per heavy atom. The largest absolute Gasteiger partial charge is 0.335 e. The molecule has 1 N–H and O–H groups in total. The van der Waals surface area contributed by atoms with Crippen LogP contribution in [0.4, 0.5) is 0 Å². The van der Waals surface area contributed by atoms with Crippen molar-refractivity contribution in [1.82, 2.24) is 10.2 Å². The highest BCUT2D eigenvalue weighted by Gasteiger charge is 2.30. The third-order valence-corrected chi connectivity index (χ3v) is 3.69. The Labute approximate surface area is 121 Å². The molecule has 1 aromatic rings. The average molecular weight is 283 g/mol. The number of likely N-dealkylation sites (tertiary alicyclic amines) is 1.